The molecule has 0 saturated carbocycles. The molecular formula is C68H54BN3OS. The molecular weight excluding hydrogens is 918 g/mol. The van der Waals surface area contributed by atoms with Crippen LogP contribution in [0, 0.1) is 0 Å². The minimum atomic E-state index is -0.252. The Morgan fingerprint density at radius 2 is 1.08 bits per heavy atom. The van der Waals surface area contributed by atoms with Gasteiger partial charge >= 0.3 is 6.85 Å². The third kappa shape index (κ3) is 6.88. The molecule has 356 valence electrons. The molecule has 0 spiro atoms. The first-order valence-electron chi connectivity index (χ1n) is 25.9. The third-order valence-corrected chi connectivity index (χ3v) is 16.7. The number of hydrogen-bond acceptors (Lipinski definition) is 5. The lowest BCUT2D eigenvalue weighted by Gasteiger charge is -2.46. The molecule has 0 amide bonds. The SMILES string of the molecule is CC(C)(C)c1ccc(N2B3c4cc(N(c5ccccc5)c5ccccc5)ccc4N(c4ccc(C(C)(C)C)cc4-c4ccccc4)c4c3c(cc3c4sc4ccccc43)-c3c2ccc2c3oc3ccccc32)cc1. The molecule has 0 N–H and O–H groups in total. The highest BCUT2D eigenvalue weighted by molar-refractivity contribution is 7.26. The van der Waals surface area contributed by atoms with Crippen molar-refractivity contribution in [1.82, 2.24) is 0 Å². The lowest BCUT2D eigenvalue weighted by Crippen LogP contribution is -2.61. The van der Waals surface area contributed by atoms with Crippen LogP contribution in [0.1, 0.15) is 52.7 Å². The van der Waals surface area contributed by atoms with E-state index in [-0.39, 0.29) is 17.7 Å². The summed E-state index contributed by atoms with van der Waals surface area (Å²) in [6.07, 6.45) is 0. The zero-order valence-corrected chi connectivity index (χ0v) is 43.3. The van der Waals surface area contributed by atoms with Gasteiger partial charge in [-0.3, -0.25) is 0 Å². The van der Waals surface area contributed by atoms with Gasteiger partial charge in [0.25, 0.3) is 0 Å². The molecule has 6 heteroatoms. The van der Waals surface area contributed by atoms with Crippen LogP contribution in [0.2, 0.25) is 0 Å². The van der Waals surface area contributed by atoms with Crippen molar-refractivity contribution in [1.29, 1.82) is 0 Å². The molecule has 2 aromatic heterocycles. The second-order valence-corrected chi connectivity index (χ2v) is 23.2. The molecule has 0 bridgehead atoms. The molecule has 0 atom stereocenters. The molecule has 4 heterocycles. The Hall–Kier alpha value is -8.32. The highest BCUT2D eigenvalue weighted by Crippen LogP contribution is 2.55. The molecule has 74 heavy (non-hydrogen) atoms. The largest absolute Gasteiger partial charge is 0.455 e. The van der Waals surface area contributed by atoms with Crippen LogP contribution < -0.4 is 25.5 Å². The van der Waals surface area contributed by atoms with E-state index in [9.17, 15) is 0 Å². The Labute approximate surface area is 437 Å². The van der Waals surface area contributed by atoms with E-state index in [0.29, 0.717) is 0 Å². The topological polar surface area (TPSA) is 22.9 Å². The third-order valence-electron chi connectivity index (χ3n) is 15.5. The van der Waals surface area contributed by atoms with Gasteiger partial charge in [0.1, 0.15) is 11.2 Å². The van der Waals surface area contributed by atoms with Crippen LogP contribution in [0.15, 0.2) is 223 Å². The van der Waals surface area contributed by atoms with E-state index < -0.39 is 0 Å². The van der Waals surface area contributed by atoms with Crippen LogP contribution >= 0.6 is 11.3 Å². The van der Waals surface area contributed by atoms with E-state index in [1.807, 2.05) is 11.3 Å². The van der Waals surface area contributed by atoms with Gasteiger partial charge < -0.3 is 19.0 Å². The van der Waals surface area contributed by atoms with Crippen molar-refractivity contribution < 1.29 is 4.42 Å². The number of benzene rings is 10. The van der Waals surface area contributed by atoms with Crippen molar-refractivity contribution >= 4 is 117 Å². The van der Waals surface area contributed by atoms with Crippen LogP contribution in [-0.2, 0) is 10.8 Å². The molecule has 14 rings (SSSR count). The van der Waals surface area contributed by atoms with Gasteiger partial charge in [-0.1, -0.05) is 163 Å². The first kappa shape index (κ1) is 44.4. The second kappa shape index (κ2) is 16.6. The highest BCUT2D eigenvalue weighted by atomic mass is 32.1. The second-order valence-electron chi connectivity index (χ2n) is 22.1. The summed E-state index contributed by atoms with van der Waals surface area (Å²) in [7, 11) is 0. The van der Waals surface area contributed by atoms with Crippen molar-refractivity contribution in [3.8, 4) is 22.3 Å². The Bertz CT molecular complexity index is 4130. The number of furan rings is 1. The predicted molar refractivity (Wildman–Crippen MR) is 318 cm³/mol. The smallest absolute Gasteiger partial charge is 0.333 e. The van der Waals surface area contributed by atoms with Crippen LogP contribution in [-0.4, -0.2) is 6.85 Å². The lowest BCUT2D eigenvalue weighted by atomic mass is 9.43. The molecule has 2 aliphatic heterocycles. The summed E-state index contributed by atoms with van der Waals surface area (Å²) < 4.78 is 9.70. The molecule has 4 nitrogen and oxygen atoms in total. The zero-order chi connectivity index (χ0) is 50.0. The van der Waals surface area contributed by atoms with Gasteiger partial charge in [0, 0.05) is 71.5 Å². The number of thiophene rings is 1. The number of rotatable bonds is 6. The van der Waals surface area contributed by atoms with E-state index in [2.05, 4.69) is 275 Å². The summed E-state index contributed by atoms with van der Waals surface area (Å²) in [5, 5.41) is 4.74. The number of anilines is 8. The predicted octanol–water partition coefficient (Wildman–Crippen LogP) is 18.4. The molecule has 0 unspecified atom stereocenters. The van der Waals surface area contributed by atoms with Crippen LogP contribution in [0.5, 0.6) is 0 Å². The van der Waals surface area contributed by atoms with Crippen LogP contribution in [0.25, 0.3) is 64.4 Å². The number of hydrogen-bond donors (Lipinski definition) is 0. The van der Waals surface area contributed by atoms with Gasteiger partial charge in [0.2, 0.25) is 0 Å². The quantitative estimate of drug-likeness (QED) is 0.155. The first-order valence-corrected chi connectivity index (χ1v) is 26.7. The van der Waals surface area contributed by atoms with Crippen LogP contribution in [0.4, 0.5) is 45.5 Å². The summed E-state index contributed by atoms with van der Waals surface area (Å²) in [6, 6.07) is 81.1. The van der Waals surface area contributed by atoms with Gasteiger partial charge in [-0.05, 0) is 141 Å². The summed E-state index contributed by atoms with van der Waals surface area (Å²) >= 11 is 1.90. The normalized spacial score (nSPS) is 13.2. The average Bonchev–Trinajstić information content (AvgIpc) is 4.08. The maximum Gasteiger partial charge on any atom is 0.333 e. The molecule has 0 saturated heterocycles. The van der Waals surface area contributed by atoms with Crippen molar-refractivity contribution in [2.75, 3.05) is 14.6 Å². The van der Waals surface area contributed by atoms with Crippen molar-refractivity contribution in [3.05, 3.63) is 230 Å². The van der Waals surface area contributed by atoms with Gasteiger partial charge in [-0.25, -0.2) is 0 Å². The van der Waals surface area contributed by atoms with Crippen molar-refractivity contribution in [2.45, 2.75) is 52.4 Å². The Morgan fingerprint density at radius 3 is 1.78 bits per heavy atom. The van der Waals surface area contributed by atoms with Crippen molar-refractivity contribution in [3.63, 3.8) is 0 Å². The minimum absolute atomic E-state index is 0.0184. The molecule has 10 aromatic carbocycles. The summed E-state index contributed by atoms with van der Waals surface area (Å²) in [4.78, 5) is 7.68. The molecule has 12 aromatic rings. The number of para-hydroxylation sites is 3. The Kier molecular flexibility index (Phi) is 9.96. The minimum Gasteiger partial charge on any atom is -0.455 e. The highest BCUT2D eigenvalue weighted by Gasteiger charge is 2.48. The van der Waals surface area contributed by atoms with E-state index in [1.165, 1.54) is 64.6 Å². The maximum atomic E-state index is 7.17. The number of nitrogens with zero attached hydrogens (tertiary/aromatic N) is 3. The molecule has 2 aliphatic rings. The molecule has 0 radical (unpaired) electrons. The molecule has 0 fully saturated rings. The summed E-state index contributed by atoms with van der Waals surface area (Å²) in [6.45, 7) is 13.6. The average molecular weight is 972 g/mol. The summed E-state index contributed by atoms with van der Waals surface area (Å²) in [5.74, 6) is 0. The Morgan fingerprint density at radius 1 is 0.473 bits per heavy atom. The zero-order valence-electron chi connectivity index (χ0n) is 42.5. The monoisotopic (exact) mass is 971 g/mol. The van der Waals surface area contributed by atoms with E-state index in [4.69, 9.17) is 4.42 Å². The van der Waals surface area contributed by atoms with Gasteiger partial charge in [-0.2, -0.15) is 0 Å². The van der Waals surface area contributed by atoms with E-state index in [0.717, 1.165) is 67.3 Å². The number of fused-ring (bicyclic) bond motifs is 12. The van der Waals surface area contributed by atoms with Crippen molar-refractivity contribution in [2.24, 2.45) is 0 Å². The lowest BCUT2D eigenvalue weighted by molar-refractivity contribution is 0.590. The van der Waals surface area contributed by atoms with Gasteiger partial charge in [0.15, 0.2) is 0 Å². The van der Waals surface area contributed by atoms with E-state index >= 15 is 0 Å². The fourth-order valence-corrected chi connectivity index (χ4v) is 13.1. The fourth-order valence-electron chi connectivity index (χ4n) is 11.9. The fraction of sp³-hybridized carbons (Fsp3) is 0.118. The first-order chi connectivity index (χ1) is 36.0. The molecule has 0 aliphatic carbocycles. The van der Waals surface area contributed by atoms with Gasteiger partial charge in [-0.15, -0.1) is 11.3 Å². The Balaban J connectivity index is 1.17. The van der Waals surface area contributed by atoms with Crippen LogP contribution in [0.3, 0.4) is 0 Å². The maximum absolute atomic E-state index is 7.17. The standard InChI is InChI=1S/C68H54BN3OS/c1-67(2,3)44-30-33-48(34-31-44)72-59-39-36-52-50-26-16-18-28-60(50)73-65(52)62(59)55-42-54-51-27-17-19-29-61(51)74-66(54)64-63(55)69(72)56-41-49(70(46-22-12-8-13-23-46)47-24-14-9-15-25-47)35-38-58(56)71(64)57-37-32-45(68(4,5)6)40-53(57)43-20-10-7-11-21-43/h7-42H,1-6H3. The van der Waals surface area contributed by atoms with E-state index in [1.54, 1.807) is 0 Å². The van der Waals surface area contributed by atoms with Gasteiger partial charge in [0.05, 0.1) is 16.1 Å². The summed E-state index contributed by atoms with van der Waals surface area (Å²) in [5.41, 5.74) is 20.5.